The molecule has 0 aliphatic carbocycles. The van der Waals surface area contributed by atoms with Gasteiger partial charge in [0.2, 0.25) is 5.91 Å². The van der Waals surface area contributed by atoms with Gasteiger partial charge in [0, 0.05) is 19.0 Å². The number of aromatic nitrogens is 4. The van der Waals surface area contributed by atoms with Crippen molar-refractivity contribution >= 4 is 46.1 Å². The quantitative estimate of drug-likeness (QED) is 0.540. The topological polar surface area (TPSA) is 108 Å². The highest BCUT2D eigenvalue weighted by molar-refractivity contribution is 6.42. The van der Waals surface area contributed by atoms with Gasteiger partial charge in [-0.25, -0.2) is 15.0 Å². The van der Waals surface area contributed by atoms with Gasteiger partial charge < -0.3 is 20.4 Å². The molecule has 0 aliphatic heterocycles. The second kappa shape index (κ2) is 9.07. The zero-order valence-electron chi connectivity index (χ0n) is 15.3. The van der Waals surface area contributed by atoms with Crippen LogP contribution in [0.5, 0.6) is 5.75 Å². The summed E-state index contributed by atoms with van der Waals surface area (Å²) in [5.41, 5.74) is 7.69. The molecule has 1 aromatic carbocycles. The van der Waals surface area contributed by atoms with E-state index < -0.39 is 0 Å². The Bertz CT molecular complexity index is 992. The van der Waals surface area contributed by atoms with E-state index in [9.17, 15) is 4.79 Å². The Morgan fingerprint density at radius 3 is 2.86 bits per heavy atom. The molecule has 0 unspecified atom stereocenters. The molecule has 3 N–H and O–H groups in total. The number of hydrogen-bond donors (Lipinski definition) is 2. The molecule has 0 aliphatic rings. The maximum Gasteiger partial charge on any atom is 0.219 e. The number of ether oxygens (including phenoxy) is 1. The van der Waals surface area contributed by atoms with Crippen molar-refractivity contribution in [1.29, 1.82) is 0 Å². The van der Waals surface area contributed by atoms with Gasteiger partial charge in [0.1, 0.15) is 17.6 Å². The van der Waals surface area contributed by atoms with Crippen LogP contribution in [-0.4, -0.2) is 39.1 Å². The smallest absolute Gasteiger partial charge is 0.219 e. The number of nitrogens with two attached hydrogens (primary N) is 1. The molecule has 148 valence electrons. The summed E-state index contributed by atoms with van der Waals surface area (Å²) in [6.07, 6.45) is 4.96. The Morgan fingerprint density at radius 1 is 1.25 bits per heavy atom. The van der Waals surface area contributed by atoms with E-state index in [1.165, 1.54) is 6.33 Å². The van der Waals surface area contributed by atoms with Crippen LogP contribution in [0.1, 0.15) is 24.8 Å². The average Bonchev–Trinajstić information content (AvgIpc) is 3.10. The third-order valence-electron chi connectivity index (χ3n) is 4.25. The number of nitrogens with one attached hydrogen (secondary N) is 1. The lowest BCUT2D eigenvalue weighted by atomic mass is 10.2. The number of fused-ring (bicyclic) bond motifs is 1. The molecule has 0 radical (unpaired) electrons. The fourth-order valence-electron chi connectivity index (χ4n) is 2.74. The van der Waals surface area contributed by atoms with Gasteiger partial charge in [-0.2, -0.15) is 0 Å². The second-order valence-electron chi connectivity index (χ2n) is 6.12. The lowest BCUT2D eigenvalue weighted by Crippen LogP contribution is -2.17. The normalized spacial score (nSPS) is 11.0. The maximum atomic E-state index is 11.3. The van der Waals surface area contributed by atoms with E-state index in [0.29, 0.717) is 52.3 Å². The first-order chi connectivity index (χ1) is 13.5. The minimum absolute atomic E-state index is 0.0171. The molecule has 28 heavy (non-hydrogen) atoms. The van der Waals surface area contributed by atoms with E-state index in [4.69, 9.17) is 33.7 Å². The summed E-state index contributed by atoms with van der Waals surface area (Å²) in [5.74, 6) is 0.954. The van der Waals surface area contributed by atoms with Crippen LogP contribution in [0.2, 0.25) is 10.0 Å². The number of benzene rings is 1. The molecule has 0 atom stereocenters. The summed E-state index contributed by atoms with van der Waals surface area (Å²) >= 11 is 12.6. The Kier molecular flexibility index (Phi) is 6.53. The summed E-state index contributed by atoms with van der Waals surface area (Å²) < 4.78 is 7.72. The molecular formula is C18H20Cl2N6O2. The number of nitrogen functional groups attached to an aromatic ring is 1. The van der Waals surface area contributed by atoms with Crippen LogP contribution in [0, 0.1) is 0 Å². The van der Waals surface area contributed by atoms with Gasteiger partial charge in [0.05, 0.1) is 29.5 Å². The van der Waals surface area contributed by atoms with Gasteiger partial charge in [0.25, 0.3) is 0 Å². The van der Waals surface area contributed by atoms with E-state index in [2.05, 4.69) is 20.3 Å². The number of unbranched alkanes of at least 4 members (excludes halogenated alkanes) is 1. The van der Waals surface area contributed by atoms with Crippen LogP contribution >= 0.6 is 23.2 Å². The molecule has 1 amide bonds. The molecule has 0 saturated carbocycles. The summed E-state index contributed by atoms with van der Waals surface area (Å²) in [6.45, 7) is 0.821. The third-order valence-corrected chi connectivity index (χ3v) is 5.09. The summed E-state index contributed by atoms with van der Waals surface area (Å²) in [7, 11) is 1.62. The number of nitrogens with zero attached hydrogens (tertiary/aromatic N) is 4. The highest BCUT2D eigenvalue weighted by atomic mass is 35.5. The fourth-order valence-corrected chi connectivity index (χ4v) is 3.13. The maximum absolute atomic E-state index is 11.3. The van der Waals surface area contributed by atoms with Crippen molar-refractivity contribution in [2.75, 3.05) is 19.4 Å². The van der Waals surface area contributed by atoms with Crippen molar-refractivity contribution in [3.05, 3.63) is 40.4 Å². The van der Waals surface area contributed by atoms with E-state index >= 15 is 0 Å². The Morgan fingerprint density at radius 2 is 2.07 bits per heavy atom. The van der Waals surface area contributed by atoms with Gasteiger partial charge in [-0.1, -0.05) is 23.2 Å². The first-order valence-electron chi connectivity index (χ1n) is 8.72. The van der Waals surface area contributed by atoms with Gasteiger partial charge in [-0.05, 0) is 25.0 Å². The predicted molar refractivity (Wildman–Crippen MR) is 109 cm³/mol. The van der Waals surface area contributed by atoms with Crippen LogP contribution in [0.4, 0.5) is 5.82 Å². The SMILES string of the molecule is CNC(=O)CCCCOc1ccc(Cl)c(Cl)c1Cn1cnc2c(N)ncnc21. The molecule has 10 heteroatoms. The van der Waals surface area contributed by atoms with Crippen LogP contribution in [0.25, 0.3) is 11.2 Å². The molecule has 2 aromatic heterocycles. The number of carbonyl (C=O) groups excluding carboxylic acids is 1. The van der Waals surface area contributed by atoms with Crippen LogP contribution in [0.15, 0.2) is 24.8 Å². The van der Waals surface area contributed by atoms with E-state index in [1.54, 1.807) is 25.5 Å². The first kappa shape index (κ1) is 20.2. The Balaban J connectivity index is 1.77. The highest BCUT2D eigenvalue weighted by Crippen LogP contribution is 2.34. The minimum Gasteiger partial charge on any atom is -0.493 e. The lowest BCUT2D eigenvalue weighted by Gasteiger charge is -2.15. The minimum atomic E-state index is 0.0171. The standard InChI is InChI=1S/C18H20Cl2N6O2/c1-22-14(27)4-2-3-7-28-13-6-5-12(19)15(20)11(13)8-26-10-25-16-17(21)23-9-24-18(16)26/h5-6,9-10H,2-4,7-8H2,1H3,(H,22,27)(H2,21,23,24). The second-order valence-corrected chi connectivity index (χ2v) is 6.91. The largest absolute Gasteiger partial charge is 0.493 e. The van der Waals surface area contributed by atoms with Gasteiger partial charge in [-0.3, -0.25) is 4.79 Å². The number of amides is 1. The molecule has 0 saturated heterocycles. The van der Waals surface area contributed by atoms with Crippen molar-refractivity contribution in [1.82, 2.24) is 24.8 Å². The highest BCUT2D eigenvalue weighted by Gasteiger charge is 2.16. The molecule has 3 rings (SSSR count). The predicted octanol–water partition coefficient (Wildman–Crippen LogP) is 3.06. The van der Waals surface area contributed by atoms with Gasteiger partial charge in [-0.15, -0.1) is 0 Å². The molecule has 0 fully saturated rings. The molecule has 0 spiro atoms. The van der Waals surface area contributed by atoms with Crippen LogP contribution in [-0.2, 0) is 11.3 Å². The monoisotopic (exact) mass is 422 g/mol. The summed E-state index contributed by atoms with van der Waals surface area (Å²) in [6, 6.07) is 3.48. The molecule has 3 aromatic rings. The number of rotatable bonds is 8. The van der Waals surface area contributed by atoms with Crippen LogP contribution in [0.3, 0.4) is 0 Å². The van der Waals surface area contributed by atoms with Crippen molar-refractivity contribution < 1.29 is 9.53 Å². The fraction of sp³-hybridized carbons (Fsp3) is 0.333. The molecule has 2 heterocycles. The number of hydrogen-bond acceptors (Lipinski definition) is 6. The number of halogens is 2. The first-order valence-corrected chi connectivity index (χ1v) is 9.48. The molecule has 8 nitrogen and oxygen atoms in total. The molecule has 0 bridgehead atoms. The zero-order chi connectivity index (χ0) is 20.1. The van der Waals surface area contributed by atoms with E-state index in [0.717, 1.165) is 18.4 Å². The van der Waals surface area contributed by atoms with Crippen molar-refractivity contribution in [3.8, 4) is 5.75 Å². The number of imidazole rings is 1. The zero-order valence-corrected chi connectivity index (χ0v) is 16.8. The Labute approximate surface area is 172 Å². The van der Waals surface area contributed by atoms with Crippen molar-refractivity contribution in [3.63, 3.8) is 0 Å². The van der Waals surface area contributed by atoms with Crippen molar-refractivity contribution in [2.24, 2.45) is 0 Å². The van der Waals surface area contributed by atoms with E-state index in [-0.39, 0.29) is 5.91 Å². The average molecular weight is 423 g/mol. The number of carbonyl (C=O) groups is 1. The van der Waals surface area contributed by atoms with Crippen molar-refractivity contribution in [2.45, 2.75) is 25.8 Å². The lowest BCUT2D eigenvalue weighted by molar-refractivity contribution is -0.120. The van der Waals surface area contributed by atoms with Crippen LogP contribution < -0.4 is 15.8 Å². The van der Waals surface area contributed by atoms with Gasteiger partial charge in [0.15, 0.2) is 11.5 Å². The van der Waals surface area contributed by atoms with Gasteiger partial charge >= 0.3 is 0 Å². The number of anilines is 1. The molecular weight excluding hydrogens is 403 g/mol. The summed E-state index contributed by atoms with van der Waals surface area (Å²) in [4.78, 5) is 23.7. The van der Waals surface area contributed by atoms with E-state index in [1.807, 2.05) is 4.57 Å². The summed E-state index contributed by atoms with van der Waals surface area (Å²) in [5, 5.41) is 3.44. The Hall–Kier alpha value is -2.58. The third kappa shape index (κ3) is 4.45.